The molecule has 1 aromatic heterocycles. The summed E-state index contributed by atoms with van der Waals surface area (Å²) in [4.78, 5) is 26.3. The van der Waals surface area contributed by atoms with Crippen LogP contribution in [0, 0.1) is 11.6 Å². The van der Waals surface area contributed by atoms with Gasteiger partial charge < -0.3 is 9.64 Å². The van der Waals surface area contributed by atoms with Crippen molar-refractivity contribution in [3.63, 3.8) is 0 Å². The molecule has 1 aliphatic heterocycles. The van der Waals surface area contributed by atoms with Crippen LogP contribution in [-0.2, 0) is 11.8 Å². The van der Waals surface area contributed by atoms with Gasteiger partial charge in [-0.1, -0.05) is 0 Å². The molecule has 2 heterocycles. The fourth-order valence-electron chi connectivity index (χ4n) is 3.09. The first kappa shape index (κ1) is 18.0. The molecule has 1 saturated heterocycles. The number of Topliss-reactive ketones (excluding diaryl/α,β-unsaturated/α-hetero) is 1. The Balaban J connectivity index is 1.58. The Kier molecular flexibility index (Phi) is 5.29. The fraction of sp³-hybridized carbons (Fsp3) is 0.389. The highest BCUT2D eigenvalue weighted by molar-refractivity contribution is 5.96. The van der Waals surface area contributed by atoms with Crippen LogP contribution in [0.25, 0.3) is 0 Å². The number of aromatic nitrogens is 2. The molecule has 0 saturated carbocycles. The number of halogens is 2. The smallest absolute Gasteiger partial charge is 0.260 e. The van der Waals surface area contributed by atoms with Crippen LogP contribution in [-0.4, -0.2) is 45.6 Å². The molecule has 0 aliphatic carbocycles. The van der Waals surface area contributed by atoms with E-state index < -0.39 is 11.6 Å². The maximum absolute atomic E-state index is 13.6. The topological polar surface area (TPSA) is 64.4 Å². The van der Waals surface area contributed by atoms with Crippen LogP contribution in [0.2, 0.25) is 0 Å². The lowest BCUT2D eigenvalue weighted by Crippen LogP contribution is -2.39. The Bertz CT molecular complexity index is 822. The molecule has 2 aromatic rings. The first-order chi connectivity index (χ1) is 12.4. The highest BCUT2D eigenvalue weighted by Crippen LogP contribution is 2.23. The van der Waals surface area contributed by atoms with Crippen molar-refractivity contribution in [1.29, 1.82) is 0 Å². The molecule has 0 bridgehead atoms. The fourth-order valence-corrected chi connectivity index (χ4v) is 3.09. The molecule has 1 amide bonds. The normalized spacial score (nSPS) is 16.7. The summed E-state index contributed by atoms with van der Waals surface area (Å²) in [6.07, 6.45) is 4.88. The first-order valence-electron chi connectivity index (χ1n) is 8.33. The molecule has 6 nitrogen and oxygen atoms in total. The standard InChI is InChI=1S/C18H19F2N3O3/c1-22-10-12(9-21-22)16(24)8-14-3-2-6-23(14)18(25)11-26-17-5-4-13(19)7-15(17)20/h4-5,7,9-10,14H,2-3,6,8,11H2,1H3. The number of rotatable bonds is 6. The van der Waals surface area contributed by atoms with Gasteiger partial charge in [0.25, 0.3) is 5.91 Å². The number of amides is 1. The van der Waals surface area contributed by atoms with Crippen molar-refractivity contribution >= 4 is 11.7 Å². The maximum atomic E-state index is 13.6. The number of ketones is 1. The lowest BCUT2D eigenvalue weighted by Gasteiger charge is -2.24. The van der Waals surface area contributed by atoms with Gasteiger partial charge >= 0.3 is 0 Å². The number of aryl methyl sites for hydroxylation is 1. The van der Waals surface area contributed by atoms with Crippen LogP contribution in [0.5, 0.6) is 5.75 Å². The summed E-state index contributed by atoms with van der Waals surface area (Å²) in [5, 5.41) is 3.98. The van der Waals surface area contributed by atoms with E-state index in [-0.39, 0.29) is 36.5 Å². The minimum absolute atomic E-state index is 0.0757. The van der Waals surface area contributed by atoms with Gasteiger partial charge in [-0.2, -0.15) is 5.10 Å². The van der Waals surface area contributed by atoms with E-state index in [0.717, 1.165) is 25.0 Å². The van der Waals surface area contributed by atoms with Crippen LogP contribution in [0.15, 0.2) is 30.6 Å². The molecule has 0 N–H and O–H groups in total. The van der Waals surface area contributed by atoms with Crippen molar-refractivity contribution in [3.8, 4) is 5.75 Å². The van der Waals surface area contributed by atoms with E-state index in [1.807, 2.05) is 0 Å². The van der Waals surface area contributed by atoms with Crippen LogP contribution in [0.3, 0.4) is 0 Å². The van der Waals surface area contributed by atoms with E-state index in [4.69, 9.17) is 4.74 Å². The summed E-state index contributed by atoms with van der Waals surface area (Å²) in [6.45, 7) is 0.166. The Morgan fingerprint density at radius 3 is 2.85 bits per heavy atom. The van der Waals surface area contributed by atoms with Gasteiger partial charge in [-0.05, 0) is 25.0 Å². The van der Waals surface area contributed by atoms with Crippen molar-refractivity contribution in [3.05, 3.63) is 47.8 Å². The summed E-state index contributed by atoms with van der Waals surface area (Å²) in [5.41, 5.74) is 0.511. The van der Waals surface area contributed by atoms with Crippen molar-refractivity contribution < 1.29 is 23.1 Å². The van der Waals surface area contributed by atoms with Crippen molar-refractivity contribution in [2.75, 3.05) is 13.2 Å². The van der Waals surface area contributed by atoms with Crippen LogP contribution < -0.4 is 4.74 Å². The second-order valence-corrected chi connectivity index (χ2v) is 6.28. The molecule has 0 spiro atoms. The maximum Gasteiger partial charge on any atom is 0.260 e. The molecule has 0 radical (unpaired) electrons. The van der Waals surface area contributed by atoms with Gasteiger partial charge in [0.15, 0.2) is 24.0 Å². The molecule has 1 aliphatic rings. The Hall–Kier alpha value is -2.77. The summed E-state index contributed by atoms with van der Waals surface area (Å²) in [6, 6.07) is 2.70. The molecule has 1 fully saturated rings. The zero-order chi connectivity index (χ0) is 18.7. The minimum Gasteiger partial charge on any atom is -0.481 e. The van der Waals surface area contributed by atoms with Gasteiger partial charge in [0.05, 0.1) is 11.8 Å². The predicted molar refractivity (Wildman–Crippen MR) is 88.7 cm³/mol. The number of carbonyl (C=O) groups is 2. The van der Waals surface area contributed by atoms with E-state index in [2.05, 4.69) is 5.10 Å². The second kappa shape index (κ2) is 7.63. The number of ether oxygens (including phenoxy) is 1. The number of likely N-dealkylation sites (tertiary alicyclic amines) is 1. The summed E-state index contributed by atoms with van der Waals surface area (Å²) in [5.74, 6) is -2.15. The van der Waals surface area contributed by atoms with Gasteiger partial charge in [0, 0.05) is 38.3 Å². The molecule has 1 atom stereocenters. The van der Waals surface area contributed by atoms with Gasteiger partial charge in [-0.3, -0.25) is 14.3 Å². The van der Waals surface area contributed by atoms with Crippen LogP contribution in [0.1, 0.15) is 29.6 Å². The van der Waals surface area contributed by atoms with Crippen molar-refractivity contribution in [1.82, 2.24) is 14.7 Å². The summed E-state index contributed by atoms with van der Waals surface area (Å²) < 4.78 is 33.2. The van der Waals surface area contributed by atoms with E-state index in [1.165, 1.54) is 6.20 Å². The van der Waals surface area contributed by atoms with Crippen LogP contribution in [0.4, 0.5) is 8.78 Å². The lowest BCUT2D eigenvalue weighted by atomic mass is 10.0. The SMILES string of the molecule is Cn1cc(C(=O)CC2CCCN2C(=O)COc2ccc(F)cc2F)cn1. The molecule has 8 heteroatoms. The Morgan fingerprint density at radius 2 is 2.15 bits per heavy atom. The summed E-state index contributed by atoms with van der Waals surface area (Å²) >= 11 is 0. The number of hydrogen-bond donors (Lipinski definition) is 0. The van der Waals surface area contributed by atoms with Crippen molar-refractivity contribution in [2.24, 2.45) is 7.05 Å². The quantitative estimate of drug-likeness (QED) is 0.739. The monoisotopic (exact) mass is 363 g/mol. The average Bonchev–Trinajstić information content (AvgIpc) is 3.23. The number of nitrogens with zero attached hydrogens (tertiary/aromatic N) is 3. The van der Waals surface area contributed by atoms with Crippen LogP contribution >= 0.6 is 0 Å². The molecule has 3 rings (SSSR count). The lowest BCUT2D eigenvalue weighted by molar-refractivity contribution is -0.134. The van der Waals surface area contributed by atoms with E-state index in [9.17, 15) is 18.4 Å². The Labute approximate surface area is 149 Å². The van der Waals surface area contributed by atoms with Gasteiger partial charge in [-0.25, -0.2) is 8.78 Å². The number of hydrogen-bond acceptors (Lipinski definition) is 4. The predicted octanol–water partition coefficient (Wildman–Crippen LogP) is 2.34. The molecule has 138 valence electrons. The number of benzene rings is 1. The Morgan fingerprint density at radius 1 is 1.35 bits per heavy atom. The van der Waals surface area contributed by atoms with Crippen molar-refractivity contribution in [2.45, 2.75) is 25.3 Å². The zero-order valence-electron chi connectivity index (χ0n) is 14.3. The molecular formula is C18H19F2N3O3. The van der Waals surface area contributed by atoms with E-state index in [0.29, 0.717) is 18.2 Å². The molecule has 1 aromatic carbocycles. The molecule has 1 unspecified atom stereocenters. The molecule has 26 heavy (non-hydrogen) atoms. The summed E-state index contributed by atoms with van der Waals surface area (Å²) in [7, 11) is 1.73. The third-order valence-electron chi connectivity index (χ3n) is 4.39. The van der Waals surface area contributed by atoms with Gasteiger partial charge in [0.2, 0.25) is 0 Å². The van der Waals surface area contributed by atoms with Gasteiger partial charge in [-0.15, -0.1) is 0 Å². The highest BCUT2D eigenvalue weighted by atomic mass is 19.1. The largest absolute Gasteiger partial charge is 0.481 e. The zero-order valence-corrected chi connectivity index (χ0v) is 14.3. The molecular weight excluding hydrogens is 344 g/mol. The van der Waals surface area contributed by atoms with Gasteiger partial charge in [0.1, 0.15) is 5.82 Å². The minimum atomic E-state index is -0.859. The third kappa shape index (κ3) is 4.07. The average molecular weight is 363 g/mol. The third-order valence-corrected chi connectivity index (χ3v) is 4.39. The first-order valence-corrected chi connectivity index (χ1v) is 8.33. The van der Waals surface area contributed by atoms with E-state index >= 15 is 0 Å². The highest BCUT2D eigenvalue weighted by Gasteiger charge is 2.31. The second-order valence-electron chi connectivity index (χ2n) is 6.28. The van der Waals surface area contributed by atoms with E-state index in [1.54, 1.807) is 22.8 Å². The number of carbonyl (C=O) groups excluding carboxylic acids is 2.